The highest BCUT2D eigenvalue weighted by Crippen LogP contribution is 2.47. The highest BCUT2D eigenvalue weighted by atomic mass is 28.4. The van der Waals surface area contributed by atoms with Gasteiger partial charge in [0, 0.05) is 12.0 Å². The van der Waals surface area contributed by atoms with E-state index in [0.29, 0.717) is 6.42 Å². The summed E-state index contributed by atoms with van der Waals surface area (Å²) in [6.45, 7) is 12.5. The van der Waals surface area contributed by atoms with Crippen molar-refractivity contribution in [3.05, 3.63) is 29.3 Å². The molecule has 0 bridgehead atoms. The van der Waals surface area contributed by atoms with Gasteiger partial charge in [-0.1, -0.05) is 13.0 Å². The van der Waals surface area contributed by atoms with E-state index in [2.05, 4.69) is 44.8 Å². The quantitative estimate of drug-likeness (QED) is 0.778. The average molecular weight is 303 g/mol. The SMILES string of the molecule is CCc1ccc2c(c1)C(C#N)(O[Si](C)(C)C)CC(C)(C)O2. The Morgan fingerprint density at radius 1 is 1.33 bits per heavy atom. The molecule has 0 saturated carbocycles. The van der Waals surface area contributed by atoms with Crippen molar-refractivity contribution in [1.82, 2.24) is 0 Å². The largest absolute Gasteiger partial charge is 0.487 e. The Balaban J connectivity index is 2.62. The maximum absolute atomic E-state index is 9.94. The maximum Gasteiger partial charge on any atom is 0.186 e. The molecular weight excluding hydrogens is 278 g/mol. The Labute approximate surface area is 129 Å². The monoisotopic (exact) mass is 303 g/mol. The number of nitriles is 1. The molecule has 1 aliphatic rings. The number of rotatable bonds is 3. The minimum atomic E-state index is -1.87. The van der Waals surface area contributed by atoms with Gasteiger partial charge in [0.25, 0.3) is 0 Å². The van der Waals surface area contributed by atoms with Crippen LogP contribution < -0.4 is 4.74 Å². The van der Waals surface area contributed by atoms with Gasteiger partial charge in [-0.15, -0.1) is 0 Å². The molecule has 0 radical (unpaired) electrons. The lowest BCUT2D eigenvalue weighted by atomic mass is 9.81. The van der Waals surface area contributed by atoms with E-state index in [0.717, 1.165) is 17.7 Å². The fourth-order valence-corrected chi connectivity index (χ4v) is 4.24. The van der Waals surface area contributed by atoms with E-state index in [4.69, 9.17) is 9.16 Å². The normalized spacial score (nSPS) is 23.9. The molecule has 1 atom stereocenters. The molecule has 1 unspecified atom stereocenters. The summed E-state index contributed by atoms with van der Waals surface area (Å²) in [5.74, 6) is 0.781. The number of hydrogen-bond acceptors (Lipinski definition) is 3. The van der Waals surface area contributed by atoms with Crippen LogP contribution in [0.3, 0.4) is 0 Å². The van der Waals surface area contributed by atoms with Crippen molar-refractivity contribution < 1.29 is 9.16 Å². The van der Waals surface area contributed by atoms with Crippen LogP contribution in [0, 0.1) is 11.3 Å². The third kappa shape index (κ3) is 3.30. The van der Waals surface area contributed by atoms with E-state index in [1.807, 2.05) is 19.9 Å². The van der Waals surface area contributed by atoms with E-state index < -0.39 is 19.5 Å². The number of nitrogens with zero attached hydrogens (tertiary/aromatic N) is 1. The van der Waals surface area contributed by atoms with Crippen LogP contribution in [0.4, 0.5) is 0 Å². The lowest BCUT2D eigenvalue weighted by molar-refractivity contribution is -0.0182. The molecule has 1 aromatic carbocycles. The molecule has 4 heteroatoms. The predicted octanol–water partition coefficient (Wildman–Crippen LogP) is 4.38. The lowest BCUT2D eigenvalue weighted by Gasteiger charge is -2.44. The molecule has 3 nitrogen and oxygen atoms in total. The minimum Gasteiger partial charge on any atom is -0.487 e. The highest BCUT2D eigenvalue weighted by Gasteiger charge is 2.48. The molecule has 0 spiro atoms. The second kappa shape index (κ2) is 5.15. The van der Waals surface area contributed by atoms with E-state index in [1.165, 1.54) is 5.56 Å². The van der Waals surface area contributed by atoms with Gasteiger partial charge in [-0.2, -0.15) is 5.26 Å². The van der Waals surface area contributed by atoms with Gasteiger partial charge in [0.1, 0.15) is 17.4 Å². The number of benzene rings is 1. The summed E-state index contributed by atoms with van der Waals surface area (Å²) in [4.78, 5) is 0. The minimum absolute atomic E-state index is 0.407. The molecule has 1 aromatic rings. The van der Waals surface area contributed by atoms with Crippen LogP contribution in [0.5, 0.6) is 5.75 Å². The van der Waals surface area contributed by atoms with Gasteiger partial charge >= 0.3 is 0 Å². The summed E-state index contributed by atoms with van der Waals surface area (Å²) in [5, 5.41) is 9.94. The summed E-state index contributed by atoms with van der Waals surface area (Å²) in [5.41, 5.74) is 0.796. The molecule has 1 heterocycles. The smallest absolute Gasteiger partial charge is 0.186 e. The summed E-state index contributed by atoms with van der Waals surface area (Å²) in [6, 6.07) is 8.59. The molecule has 0 fully saturated rings. The highest BCUT2D eigenvalue weighted by molar-refractivity contribution is 6.69. The average Bonchev–Trinajstić information content (AvgIpc) is 2.35. The molecule has 21 heavy (non-hydrogen) atoms. The molecule has 114 valence electrons. The number of fused-ring (bicyclic) bond motifs is 1. The fourth-order valence-electron chi connectivity index (χ4n) is 2.97. The van der Waals surface area contributed by atoms with Gasteiger partial charge in [-0.25, -0.2) is 0 Å². The third-order valence-corrected chi connectivity index (χ3v) is 4.57. The summed E-state index contributed by atoms with van der Waals surface area (Å²) < 4.78 is 12.4. The van der Waals surface area contributed by atoms with E-state index >= 15 is 0 Å². The first-order valence-electron chi connectivity index (χ1n) is 7.55. The molecule has 0 amide bonds. The number of aryl methyl sites for hydroxylation is 1. The van der Waals surface area contributed by atoms with Crippen LogP contribution >= 0.6 is 0 Å². The van der Waals surface area contributed by atoms with Crippen LogP contribution in [0.1, 0.15) is 38.3 Å². The van der Waals surface area contributed by atoms with Crippen LogP contribution in [0.15, 0.2) is 18.2 Å². The van der Waals surface area contributed by atoms with Gasteiger partial charge in [0.2, 0.25) is 0 Å². The summed E-state index contributed by atoms with van der Waals surface area (Å²) >= 11 is 0. The van der Waals surface area contributed by atoms with Crippen LogP contribution in [0.25, 0.3) is 0 Å². The van der Waals surface area contributed by atoms with Gasteiger partial charge < -0.3 is 9.16 Å². The number of hydrogen-bond donors (Lipinski definition) is 0. The van der Waals surface area contributed by atoms with Gasteiger partial charge in [-0.05, 0) is 57.6 Å². The van der Waals surface area contributed by atoms with Gasteiger partial charge in [0.05, 0.1) is 0 Å². The van der Waals surface area contributed by atoms with E-state index in [1.54, 1.807) is 0 Å². The molecule has 1 aliphatic heterocycles. The summed E-state index contributed by atoms with van der Waals surface area (Å²) in [6.07, 6.45) is 1.49. The van der Waals surface area contributed by atoms with Crippen molar-refractivity contribution in [3.8, 4) is 11.8 Å². The van der Waals surface area contributed by atoms with E-state index in [-0.39, 0.29) is 0 Å². The zero-order chi connectivity index (χ0) is 15.9. The molecule has 0 N–H and O–H groups in total. The standard InChI is InChI=1S/C17H25NO2Si/c1-7-13-8-9-15-14(10-13)17(12-18,20-21(4,5)6)11-16(2,3)19-15/h8-10H,7,11H2,1-6H3. The summed E-state index contributed by atoms with van der Waals surface area (Å²) in [7, 11) is -1.87. The molecular formula is C17H25NO2Si. The Morgan fingerprint density at radius 2 is 2.00 bits per heavy atom. The molecule has 0 aliphatic carbocycles. The Morgan fingerprint density at radius 3 is 2.52 bits per heavy atom. The van der Waals surface area contributed by atoms with Crippen molar-refractivity contribution in [3.63, 3.8) is 0 Å². The van der Waals surface area contributed by atoms with Crippen molar-refractivity contribution in [2.45, 2.75) is 64.5 Å². The molecule has 0 saturated heterocycles. The lowest BCUT2D eigenvalue weighted by Crippen LogP contribution is -2.49. The van der Waals surface area contributed by atoms with Gasteiger partial charge in [-0.3, -0.25) is 0 Å². The van der Waals surface area contributed by atoms with Crippen molar-refractivity contribution in [2.75, 3.05) is 0 Å². The first-order valence-corrected chi connectivity index (χ1v) is 11.0. The van der Waals surface area contributed by atoms with Crippen molar-refractivity contribution in [2.24, 2.45) is 0 Å². The van der Waals surface area contributed by atoms with Crippen molar-refractivity contribution >= 4 is 8.32 Å². The predicted molar refractivity (Wildman–Crippen MR) is 86.9 cm³/mol. The second-order valence-corrected chi connectivity index (χ2v) is 11.8. The van der Waals surface area contributed by atoms with Gasteiger partial charge in [0.15, 0.2) is 13.9 Å². The van der Waals surface area contributed by atoms with Crippen LogP contribution in [-0.4, -0.2) is 13.9 Å². The Kier molecular flexibility index (Phi) is 3.94. The zero-order valence-electron chi connectivity index (χ0n) is 13.9. The fraction of sp³-hybridized carbons (Fsp3) is 0.588. The topological polar surface area (TPSA) is 42.2 Å². The van der Waals surface area contributed by atoms with Crippen molar-refractivity contribution in [1.29, 1.82) is 5.26 Å². The first kappa shape index (κ1) is 16.1. The van der Waals surface area contributed by atoms with Crippen LogP contribution in [0.2, 0.25) is 19.6 Å². The molecule has 0 aromatic heterocycles. The van der Waals surface area contributed by atoms with Crippen LogP contribution in [-0.2, 0) is 16.4 Å². The number of ether oxygens (including phenoxy) is 1. The Bertz CT molecular complexity index is 583. The first-order chi connectivity index (χ1) is 9.61. The Hall–Kier alpha value is -1.31. The maximum atomic E-state index is 9.94. The second-order valence-electron chi connectivity index (χ2n) is 7.38. The third-order valence-electron chi connectivity index (χ3n) is 3.61. The van der Waals surface area contributed by atoms with E-state index in [9.17, 15) is 5.26 Å². The zero-order valence-corrected chi connectivity index (χ0v) is 14.9. The molecule has 2 rings (SSSR count).